The second-order valence-electron chi connectivity index (χ2n) is 6.64. The molecule has 138 valence electrons. The topological polar surface area (TPSA) is 73.9 Å². The summed E-state index contributed by atoms with van der Waals surface area (Å²) in [6.07, 6.45) is 1.89. The minimum absolute atomic E-state index is 0.0834. The number of hydrogen-bond acceptors (Lipinski definition) is 5. The minimum atomic E-state index is -0.854. The maximum atomic E-state index is 12.7. The van der Waals surface area contributed by atoms with Gasteiger partial charge in [-0.05, 0) is 64.7 Å². The zero-order valence-corrected chi connectivity index (χ0v) is 15.5. The molecule has 1 atom stereocenters. The Labute approximate surface area is 148 Å². The number of carbonyl (C=O) groups is 2. The Bertz CT molecular complexity index is 639. The normalized spacial score (nSPS) is 16.2. The van der Waals surface area contributed by atoms with Gasteiger partial charge < -0.3 is 19.5 Å². The number of hydrogen-bond donors (Lipinski definition) is 1. The van der Waals surface area contributed by atoms with Crippen LogP contribution in [0.1, 0.15) is 50.9 Å². The van der Waals surface area contributed by atoms with E-state index in [2.05, 4.69) is 5.32 Å². The van der Waals surface area contributed by atoms with E-state index in [0.29, 0.717) is 18.0 Å². The summed E-state index contributed by atoms with van der Waals surface area (Å²) < 4.78 is 16.2. The predicted octanol–water partition coefficient (Wildman–Crippen LogP) is 3.40. The molecular weight excluding hydrogens is 322 g/mol. The molecule has 0 aliphatic heterocycles. The summed E-state index contributed by atoms with van der Waals surface area (Å²) in [5, 5.41) is 2.86. The number of anilines is 1. The molecule has 2 rings (SSSR count). The van der Waals surface area contributed by atoms with E-state index >= 15 is 0 Å². The van der Waals surface area contributed by atoms with Crippen molar-refractivity contribution >= 4 is 17.6 Å². The van der Waals surface area contributed by atoms with E-state index < -0.39 is 11.6 Å². The number of carbonyl (C=O) groups excluding carboxylic acids is 2. The highest BCUT2D eigenvalue weighted by molar-refractivity contribution is 5.99. The Hall–Kier alpha value is -2.08. The molecule has 1 aliphatic carbocycles. The van der Waals surface area contributed by atoms with E-state index in [0.717, 1.165) is 12.8 Å². The smallest absolute Gasteiger partial charge is 0.341 e. The van der Waals surface area contributed by atoms with Crippen LogP contribution in [0.15, 0.2) is 18.2 Å². The summed E-state index contributed by atoms with van der Waals surface area (Å²) in [4.78, 5) is 24.8. The molecule has 0 unspecified atom stereocenters. The zero-order valence-electron chi connectivity index (χ0n) is 15.5. The molecular formula is C19H27NO5. The van der Waals surface area contributed by atoms with E-state index in [1.807, 2.05) is 27.7 Å². The lowest BCUT2D eigenvalue weighted by Gasteiger charge is -2.28. The summed E-state index contributed by atoms with van der Waals surface area (Å²) in [7, 11) is 1.31. The van der Waals surface area contributed by atoms with Crippen LogP contribution >= 0.6 is 0 Å². The number of nitrogens with one attached hydrogen (secondary N) is 1. The second-order valence-corrected chi connectivity index (χ2v) is 6.64. The second kappa shape index (κ2) is 7.87. The van der Waals surface area contributed by atoms with Crippen LogP contribution in [0.2, 0.25) is 0 Å². The highest BCUT2D eigenvalue weighted by Gasteiger charge is 2.48. The standard InChI is InChI=1S/C19H27NO5/c1-6-24-19(4,13-7-8-13)18(22)20-14-9-10-16(25-12(2)3)15(11-14)17(21)23-5/h9-13H,6-8H2,1-5H3,(H,20,22)/t19-/m0/s1. The first-order valence-electron chi connectivity index (χ1n) is 8.66. The Balaban J connectivity index is 2.24. The maximum Gasteiger partial charge on any atom is 0.341 e. The molecule has 1 saturated carbocycles. The van der Waals surface area contributed by atoms with Crippen LogP contribution in [0.25, 0.3) is 0 Å². The predicted molar refractivity (Wildman–Crippen MR) is 94.9 cm³/mol. The number of ether oxygens (including phenoxy) is 3. The average molecular weight is 349 g/mol. The van der Waals surface area contributed by atoms with Crippen LogP contribution in [0.4, 0.5) is 5.69 Å². The Morgan fingerprint density at radius 3 is 2.52 bits per heavy atom. The van der Waals surface area contributed by atoms with Gasteiger partial charge in [-0.15, -0.1) is 0 Å². The van der Waals surface area contributed by atoms with E-state index in [4.69, 9.17) is 14.2 Å². The van der Waals surface area contributed by atoms with E-state index in [9.17, 15) is 9.59 Å². The number of methoxy groups -OCH3 is 1. The van der Waals surface area contributed by atoms with Gasteiger partial charge in [0.25, 0.3) is 5.91 Å². The number of rotatable bonds is 8. The minimum Gasteiger partial charge on any atom is -0.490 e. The Morgan fingerprint density at radius 2 is 2.00 bits per heavy atom. The van der Waals surface area contributed by atoms with Crippen molar-refractivity contribution in [2.24, 2.45) is 5.92 Å². The van der Waals surface area contributed by atoms with Gasteiger partial charge in [-0.2, -0.15) is 0 Å². The molecule has 0 aromatic heterocycles. The Morgan fingerprint density at radius 1 is 1.32 bits per heavy atom. The van der Waals surface area contributed by atoms with Crippen molar-refractivity contribution in [3.8, 4) is 5.75 Å². The van der Waals surface area contributed by atoms with Crippen molar-refractivity contribution in [1.29, 1.82) is 0 Å². The van der Waals surface area contributed by atoms with Gasteiger partial charge in [0.15, 0.2) is 0 Å². The summed E-state index contributed by atoms with van der Waals surface area (Å²) in [5.74, 6) is -0.0580. The molecule has 1 N–H and O–H groups in total. The van der Waals surface area contributed by atoms with Crippen molar-refractivity contribution in [1.82, 2.24) is 0 Å². The summed E-state index contributed by atoms with van der Waals surface area (Å²) >= 11 is 0. The summed E-state index contributed by atoms with van der Waals surface area (Å²) in [6, 6.07) is 4.94. The molecule has 0 radical (unpaired) electrons. The van der Waals surface area contributed by atoms with Crippen molar-refractivity contribution in [3.63, 3.8) is 0 Å². The molecule has 1 aromatic carbocycles. The summed E-state index contributed by atoms with van der Waals surface area (Å²) in [6.45, 7) is 7.91. The molecule has 0 heterocycles. The third-order valence-electron chi connectivity index (χ3n) is 4.26. The Kier molecular flexibility index (Phi) is 6.06. The fraction of sp³-hybridized carbons (Fsp3) is 0.579. The van der Waals surface area contributed by atoms with Crippen LogP contribution < -0.4 is 10.1 Å². The number of amides is 1. The van der Waals surface area contributed by atoms with Crippen LogP contribution in [-0.4, -0.2) is 37.3 Å². The molecule has 1 aromatic rings. The van der Waals surface area contributed by atoms with Crippen molar-refractivity contribution in [2.75, 3.05) is 19.0 Å². The van der Waals surface area contributed by atoms with Crippen LogP contribution in [-0.2, 0) is 14.3 Å². The van der Waals surface area contributed by atoms with Gasteiger partial charge in [-0.3, -0.25) is 4.79 Å². The zero-order chi connectivity index (χ0) is 18.6. The number of esters is 1. The lowest BCUT2D eigenvalue weighted by Crippen LogP contribution is -2.44. The molecule has 1 amide bonds. The molecule has 25 heavy (non-hydrogen) atoms. The average Bonchev–Trinajstić information content (AvgIpc) is 3.40. The van der Waals surface area contributed by atoms with Crippen molar-refractivity contribution in [2.45, 2.75) is 52.2 Å². The van der Waals surface area contributed by atoms with Gasteiger partial charge in [0.2, 0.25) is 0 Å². The molecule has 6 nitrogen and oxygen atoms in total. The third-order valence-corrected chi connectivity index (χ3v) is 4.26. The molecule has 1 fully saturated rings. The fourth-order valence-corrected chi connectivity index (χ4v) is 2.79. The quantitative estimate of drug-likeness (QED) is 0.728. The largest absolute Gasteiger partial charge is 0.490 e. The van der Waals surface area contributed by atoms with Gasteiger partial charge in [-0.1, -0.05) is 0 Å². The van der Waals surface area contributed by atoms with E-state index in [1.165, 1.54) is 7.11 Å². The molecule has 1 aliphatic rings. The van der Waals surface area contributed by atoms with Gasteiger partial charge in [0.1, 0.15) is 16.9 Å². The fourth-order valence-electron chi connectivity index (χ4n) is 2.79. The van der Waals surface area contributed by atoms with Gasteiger partial charge >= 0.3 is 5.97 Å². The van der Waals surface area contributed by atoms with Crippen LogP contribution in [0.3, 0.4) is 0 Å². The summed E-state index contributed by atoms with van der Waals surface area (Å²) in [5.41, 5.74) is -0.0700. The lowest BCUT2D eigenvalue weighted by molar-refractivity contribution is -0.141. The van der Waals surface area contributed by atoms with Gasteiger partial charge in [-0.25, -0.2) is 4.79 Å². The monoisotopic (exact) mass is 349 g/mol. The number of benzene rings is 1. The molecule has 0 bridgehead atoms. The SMILES string of the molecule is CCO[C@](C)(C(=O)Nc1ccc(OC(C)C)c(C(=O)OC)c1)C1CC1. The van der Waals surface area contributed by atoms with E-state index in [1.54, 1.807) is 18.2 Å². The van der Waals surface area contributed by atoms with E-state index in [-0.39, 0.29) is 23.5 Å². The highest BCUT2D eigenvalue weighted by Crippen LogP contribution is 2.42. The lowest BCUT2D eigenvalue weighted by atomic mass is 9.98. The first kappa shape index (κ1) is 19.2. The van der Waals surface area contributed by atoms with Crippen molar-refractivity contribution in [3.05, 3.63) is 23.8 Å². The highest BCUT2D eigenvalue weighted by atomic mass is 16.5. The third kappa shape index (κ3) is 4.51. The molecule has 0 saturated heterocycles. The first-order valence-corrected chi connectivity index (χ1v) is 8.66. The first-order chi connectivity index (χ1) is 11.8. The molecule has 0 spiro atoms. The van der Waals surface area contributed by atoms with Gasteiger partial charge in [0, 0.05) is 12.3 Å². The molecule has 6 heteroatoms. The van der Waals surface area contributed by atoms with Gasteiger partial charge in [0.05, 0.1) is 13.2 Å². The van der Waals surface area contributed by atoms with Crippen molar-refractivity contribution < 1.29 is 23.8 Å². The van der Waals surface area contributed by atoms with Crippen LogP contribution in [0.5, 0.6) is 5.75 Å². The maximum absolute atomic E-state index is 12.7. The van der Waals surface area contributed by atoms with Crippen LogP contribution in [0, 0.1) is 5.92 Å².